The standard InChI is InChI=1S/C19H26N6O3/c1-5-14-13(4)20-19(22-16(14)26)25-15(9-12(3)23-25)21-17(27)18(28)24-8-6-7-11(2)10-24/h9,11,14H,5-8,10H2,1-4H3,(H,21,27). The molecule has 0 bridgehead atoms. The van der Waals surface area contributed by atoms with Gasteiger partial charge in [0.1, 0.15) is 5.82 Å². The maximum Gasteiger partial charge on any atom is 0.315 e. The lowest BCUT2D eigenvalue weighted by molar-refractivity contribution is -0.144. The van der Waals surface area contributed by atoms with Crippen molar-refractivity contribution in [3.8, 4) is 0 Å². The van der Waals surface area contributed by atoms with E-state index in [0.717, 1.165) is 12.8 Å². The van der Waals surface area contributed by atoms with Crippen LogP contribution in [0.5, 0.6) is 0 Å². The molecule has 3 heterocycles. The molecule has 3 rings (SSSR count). The van der Waals surface area contributed by atoms with Gasteiger partial charge in [-0.2, -0.15) is 14.8 Å². The summed E-state index contributed by atoms with van der Waals surface area (Å²) in [6.07, 6.45) is 2.57. The monoisotopic (exact) mass is 386 g/mol. The fourth-order valence-electron chi connectivity index (χ4n) is 3.61. The molecule has 2 unspecified atom stereocenters. The summed E-state index contributed by atoms with van der Waals surface area (Å²) in [5.41, 5.74) is 1.26. The molecule has 1 N–H and O–H groups in total. The van der Waals surface area contributed by atoms with Crippen LogP contribution in [0.25, 0.3) is 0 Å². The maximum atomic E-state index is 12.5. The van der Waals surface area contributed by atoms with E-state index in [4.69, 9.17) is 0 Å². The van der Waals surface area contributed by atoms with Gasteiger partial charge in [0, 0.05) is 24.9 Å². The zero-order valence-corrected chi connectivity index (χ0v) is 16.7. The summed E-state index contributed by atoms with van der Waals surface area (Å²) in [6, 6.07) is 1.62. The van der Waals surface area contributed by atoms with Gasteiger partial charge in [-0.3, -0.25) is 14.4 Å². The number of likely N-dealkylation sites (tertiary alicyclic amines) is 1. The molecule has 0 aliphatic carbocycles. The van der Waals surface area contributed by atoms with Crippen LogP contribution in [0.15, 0.2) is 16.1 Å². The summed E-state index contributed by atoms with van der Waals surface area (Å²) < 4.78 is 1.30. The molecule has 0 radical (unpaired) electrons. The molecule has 2 aliphatic rings. The first-order chi connectivity index (χ1) is 13.3. The second kappa shape index (κ2) is 8.04. The molecule has 1 fully saturated rings. The fourth-order valence-corrected chi connectivity index (χ4v) is 3.61. The highest BCUT2D eigenvalue weighted by atomic mass is 16.2. The van der Waals surface area contributed by atoms with Gasteiger partial charge < -0.3 is 10.2 Å². The number of hydrogen-bond donors (Lipinski definition) is 1. The summed E-state index contributed by atoms with van der Waals surface area (Å²) in [4.78, 5) is 47.2. The van der Waals surface area contributed by atoms with Crippen LogP contribution >= 0.6 is 0 Å². The van der Waals surface area contributed by atoms with Crippen LogP contribution in [0, 0.1) is 18.8 Å². The van der Waals surface area contributed by atoms with Gasteiger partial charge in [0.05, 0.1) is 11.6 Å². The minimum atomic E-state index is -0.731. The normalized spacial score (nSPS) is 22.6. The van der Waals surface area contributed by atoms with Crippen molar-refractivity contribution in [2.45, 2.75) is 47.0 Å². The number of aryl methyl sites for hydroxylation is 1. The van der Waals surface area contributed by atoms with Crippen molar-refractivity contribution >= 4 is 35.2 Å². The third kappa shape index (κ3) is 4.02. The van der Waals surface area contributed by atoms with Gasteiger partial charge >= 0.3 is 11.8 Å². The molecule has 0 aromatic carbocycles. The summed E-state index contributed by atoms with van der Waals surface area (Å²) in [6.45, 7) is 8.65. The van der Waals surface area contributed by atoms with Crippen LogP contribution in [-0.4, -0.2) is 57.2 Å². The Morgan fingerprint density at radius 3 is 2.68 bits per heavy atom. The summed E-state index contributed by atoms with van der Waals surface area (Å²) in [5, 5.41) is 6.88. The van der Waals surface area contributed by atoms with Crippen molar-refractivity contribution in [2.24, 2.45) is 21.8 Å². The van der Waals surface area contributed by atoms with Crippen molar-refractivity contribution in [2.75, 3.05) is 18.4 Å². The molecule has 2 aliphatic heterocycles. The summed E-state index contributed by atoms with van der Waals surface area (Å²) >= 11 is 0. The Morgan fingerprint density at radius 1 is 1.29 bits per heavy atom. The first kappa shape index (κ1) is 19.9. The number of aromatic nitrogens is 2. The molecule has 1 aromatic rings. The topological polar surface area (TPSA) is 109 Å². The first-order valence-electron chi connectivity index (χ1n) is 9.65. The molecule has 0 spiro atoms. The van der Waals surface area contributed by atoms with Crippen LogP contribution in [0.1, 0.15) is 45.7 Å². The third-order valence-electron chi connectivity index (χ3n) is 5.10. The Bertz CT molecular complexity index is 869. The summed E-state index contributed by atoms with van der Waals surface area (Å²) in [7, 11) is 0. The molecule has 28 heavy (non-hydrogen) atoms. The lowest BCUT2D eigenvalue weighted by Gasteiger charge is -2.30. The van der Waals surface area contributed by atoms with Gasteiger partial charge in [-0.15, -0.1) is 0 Å². The number of amides is 3. The van der Waals surface area contributed by atoms with Crippen molar-refractivity contribution in [1.29, 1.82) is 0 Å². The number of hydrogen-bond acceptors (Lipinski definition) is 5. The zero-order chi connectivity index (χ0) is 20.4. The largest absolute Gasteiger partial charge is 0.334 e. The maximum absolute atomic E-state index is 12.5. The van der Waals surface area contributed by atoms with Crippen molar-refractivity contribution in [1.82, 2.24) is 14.7 Å². The molecule has 2 atom stereocenters. The van der Waals surface area contributed by atoms with Crippen LogP contribution in [-0.2, 0) is 14.4 Å². The Morgan fingerprint density at radius 2 is 2.04 bits per heavy atom. The highest BCUT2D eigenvalue weighted by molar-refractivity contribution is 6.39. The van der Waals surface area contributed by atoms with E-state index in [1.807, 2.05) is 6.92 Å². The number of aliphatic imine (C=N–C) groups is 2. The molecule has 150 valence electrons. The Labute approximate surface area is 163 Å². The third-order valence-corrected chi connectivity index (χ3v) is 5.10. The van der Waals surface area contributed by atoms with Crippen LogP contribution in [0.4, 0.5) is 5.82 Å². The molecule has 9 heteroatoms. The minimum Gasteiger partial charge on any atom is -0.334 e. The molecule has 0 saturated carbocycles. The zero-order valence-electron chi connectivity index (χ0n) is 16.7. The van der Waals surface area contributed by atoms with E-state index in [-0.39, 0.29) is 23.6 Å². The molecule has 1 saturated heterocycles. The van der Waals surface area contributed by atoms with Crippen LogP contribution < -0.4 is 5.32 Å². The number of carbonyl (C=O) groups is 3. The van der Waals surface area contributed by atoms with Crippen molar-refractivity contribution < 1.29 is 14.4 Å². The SMILES string of the molecule is CCC1C(=O)N=C(n2nc(C)cc2NC(=O)C(=O)N2CCCC(C)C2)N=C1C. The molecular weight excluding hydrogens is 360 g/mol. The molecule has 3 amide bonds. The predicted molar refractivity (Wildman–Crippen MR) is 105 cm³/mol. The van der Waals surface area contributed by atoms with Crippen molar-refractivity contribution in [3.05, 3.63) is 11.8 Å². The Balaban J connectivity index is 1.80. The first-order valence-corrected chi connectivity index (χ1v) is 9.65. The van der Waals surface area contributed by atoms with E-state index in [9.17, 15) is 14.4 Å². The van der Waals surface area contributed by atoms with Crippen LogP contribution in [0.2, 0.25) is 0 Å². The second-order valence-corrected chi connectivity index (χ2v) is 7.50. The van der Waals surface area contributed by atoms with Gasteiger partial charge in [0.2, 0.25) is 0 Å². The highest BCUT2D eigenvalue weighted by Crippen LogP contribution is 2.19. The van der Waals surface area contributed by atoms with Gasteiger partial charge in [-0.25, -0.2) is 4.99 Å². The average Bonchev–Trinajstić information content (AvgIpc) is 3.01. The number of rotatable bonds is 2. The average molecular weight is 386 g/mol. The van der Waals surface area contributed by atoms with E-state index in [0.29, 0.717) is 36.8 Å². The van der Waals surface area contributed by atoms with E-state index < -0.39 is 11.8 Å². The van der Waals surface area contributed by atoms with E-state index in [1.165, 1.54) is 4.68 Å². The smallest absolute Gasteiger partial charge is 0.315 e. The lowest BCUT2D eigenvalue weighted by atomic mass is 10.00. The Kier molecular flexibility index (Phi) is 5.71. The van der Waals surface area contributed by atoms with Gasteiger partial charge in [-0.05, 0) is 39.0 Å². The molecular formula is C19H26N6O3. The number of nitrogens with one attached hydrogen (secondary N) is 1. The lowest BCUT2D eigenvalue weighted by Crippen LogP contribution is -2.45. The molecule has 9 nitrogen and oxygen atoms in total. The van der Waals surface area contributed by atoms with Crippen LogP contribution in [0.3, 0.4) is 0 Å². The Hall–Kier alpha value is -2.84. The minimum absolute atomic E-state index is 0.0923. The van der Waals surface area contributed by atoms with E-state index >= 15 is 0 Å². The van der Waals surface area contributed by atoms with Gasteiger partial charge in [0.15, 0.2) is 0 Å². The van der Waals surface area contributed by atoms with Gasteiger partial charge in [-0.1, -0.05) is 13.8 Å². The quantitative estimate of drug-likeness (QED) is 0.779. The number of carbonyl (C=O) groups excluding carboxylic acids is 3. The fraction of sp³-hybridized carbons (Fsp3) is 0.579. The predicted octanol–water partition coefficient (Wildman–Crippen LogP) is 1.62. The highest BCUT2D eigenvalue weighted by Gasteiger charge is 2.29. The van der Waals surface area contributed by atoms with E-state index in [2.05, 4.69) is 27.3 Å². The second-order valence-electron chi connectivity index (χ2n) is 7.50. The van der Waals surface area contributed by atoms with E-state index in [1.54, 1.807) is 24.8 Å². The summed E-state index contributed by atoms with van der Waals surface area (Å²) in [5.74, 6) is -1.18. The molecule has 1 aromatic heterocycles. The number of anilines is 1. The van der Waals surface area contributed by atoms with Gasteiger partial charge in [0.25, 0.3) is 11.9 Å². The van der Waals surface area contributed by atoms with Crippen molar-refractivity contribution in [3.63, 3.8) is 0 Å². The number of piperidine rings is 1. The number of nitrogens with zero attached hydrogens (tertiary/aromatic N) is 5.